The van der Waals surface area contributed by atoms with Crippen molar-refractivity contribution in [2.24, 2.45) is 11.8 Å². The fraction of sp³-hybridized carbons (Fsp3) is 0.440. The normalized spacial score (nSPS) is 19.9. The highest BCUT2D eigenvalue weighted by molar-refractivity contribution is 8.01. The molecule has 0 bridgehead atoms. The van der Waals surface area contributed by atoms with Gasteiger partial charge >= 0.3 is 5.97 Å². The van der Waals surface area contributed by atoms with Gasteiger partial charge in [0.2, 0.25) is 0 Å². The predicted molar refractivity (Wildman–Crippen MR) is 133 cm³/mol. The number of thioether (sulfide) groups is 1. The van der Waals surface area contributed by atoms with E-state index in [-0.39, 0.29) is 17.9 Å². The number of aliphatic hydroxyl groups excluding tert-OH is 1. The molecular formula is C25H29FN2O4S2. The summed E-state index contributed by atoms with van der Waals surface area (Å²) in [6, 6.07) is 8.69. The van der Waals surface area contributed by atoms with Crippen LogP contribution in [0.15, 0.2) is 46.1 Å². The first-order chi connectivity index (χ1) is 16.5. The molecule has 2 aromatic heterocycles. The van der Waals surface area contributed by atoms with Gasteiger partial charge in [0.1, 0.15) is 11.6 Å². The molecule has 3 aromatic rings. The van der Waals surface area contributed by atoms with Crippen LogP contribution in [0.2, 0.25) is 0 Å². The van der Waals surface area contributed by atoms with Crippen molar-refractivity contribution in [2.75, 3.05) is 32.5 Å². The number of benzene rings is 1. The molecule has 3 atom stereocenters. The summed E-state index contributed by atoms with van der Waals surface area (Å²) in [4.78, 5) is 18.5. The predicted octanol–water partition coefficient (Wildman–Crippen LogP) is 5.07. The topological polar surface area (TPSA) is 82.9 Å². The van der Waals surface area contributed by atoms with Crippen LogP contribution in [0.1, 0.15) is 30.9 Å². The van der Waals surface area contributed by atoms with Gasteiger partial charge in [0.25, 0.3) is 0 Å². The smallest absolute Gasteiger partial charge is 0.308 e. The van der Waals surface area contributed by atoms with Crippen molar-refractivity contribution < 1.29 is 24.1 Å². The Morgan fingerprint density at radius 1 is 1.41 bits per heavy atom. The molecule has 2 N–H and O–H groups in total. The van der Waals surface area contributed by atoms with Gasteiger partial charge in [-0.25, -0.2) is 4.39 Å². The lowest BCUT2D eigenvalue weighted by Gasteiger charge is -2.36. The van der Waals surface area contributed by atoms with Gasteiger partial charge in [-0.1, -0.05) is 6.07 Å². The summed E-state index contributed by atoms with van der Waals surface area (Å²) in [6.45, 7) is 2.18. The SMILES string of the molecule is COc1cnc2ccc(F)c(C(O)CC[C@@H]3CCN(CCSc4cccs4)C[C@@H]3C(=O)O)c2c1. The Balaban J connectivity index is 1.38. The number of carbonyl (C=O) groups is 1. The van der Waals surface area contributed by atoms with Gasteiger partial charge in [0, 0.05) is 29.8 Å². The average Bonchev–Trinajstić information content (AvgIpc) is 3.36. The van der Waals surface area contributed by atoms with Crippen LogP contribution in [0.25, 0.3) is 10.9 Å². The molecular weight excluding hydrogens is 475 g/mol. The number of ether oxygens (including phenoxy) is 1. The molecule has 6 nitrogen and oxygen atoms in total. The standard InChI is InChI=1S/C25H29FN2O4S2/c1-32-17-13-18-21(27-14-17)6-5-20(26)24(18)22(29)7-4-16-8-9-28(15-19(16)25(30)31)10-12-34-23-3-2-11-33-23/h2-3,5-6,11,13-14,16,19,22,29H,4,7-10,12,15H2,1H3,(H,30,31)/t16-,19+,22?/m1/s1. The van der Waals surface area contributed by atoms with Crippen LogP contribution in [0.4, 0.5) is 4.39 Å². The summed E-state index contributed by atoms with van der Waals surface area (Å²) < 4.78 is 21.2. The summed E-state index contributed by atoms with van der Waals surface area (Å²) in [5, 5.41) is 23.3. The highest BCUT2D eigenvalue weighted by Crippen LogP contribution is 2.35. The first kappa shape index (κ1) is 24.9. The number of carboxylic acid groups (broad SMARTS) is 1. The second-order valence-corrected chi connectivity index (χ2v) is 10.9. The van der Waals surface area contributed by atoms with Crippen molar-refractivity contribution in [3.05, 3.63) is 53.3 Å². The lowest BCUT2D eigenvalue weighted by molar-refractivity contribution is -0.146. The number of hydrogen-bond donors (Lipinski definition) is 2. The minimum Gasteiger partial charge on any atom is -0.495 e. The lowest BCUT2D eigenvalue weighted by atomic mass is 9.81. The number of fused-ring (bicyclic) bond motifs is 1. The minimum atomic E-state index is -1.05. The van der Waals surface area contributed by atoms with Gasteiger partial charge in [-0.05, 0) is 61.4 Å². The van der Waals surface area contributed by atoms with Gasteiger partial charge in [0.15, 0.2) is 0 Å². The highest BCUT2D eigenvalue weighted by atomic mass is 32.2. The van der Waals surface area contributed by atoms with E-state index in [1.165, 1.54) is 17.4 Å². The van der Waals surface area contributed by atoms with E-state index in [9.17, 15) is 19.4 Å². The number of rotatable bonds is 10. The van der Waals surface area contributed by atoms with Crippen molar-refractivity contribution in [2.45, 2.75) is 29.6 Å². The number of piperidine rings is 1. The zero-order valence-electron chi connectivity index (χ0n) is 19.0. The van der Waals surface area contributed by atoms with Crippen LogP contribution in [0.5, 0.6) is 5.75 Å². The molecule has 1 aliphatic rings. The summed E-state index contributed by atoms with van der Waals surface area (Å²) >= 11 is 3.51. The maximum atomic E-state index is 14.7. The minimum absolute atomic E-state index is 0.0564. The van der Waals surface area contributed by atoms with Gasteiger partial charge in [-0.3, -0.25) is 9.78 Å². The largest absolute Gasteiger partial charge is 0.495 e. The number of thiophene rings is 1. The second kappa shape index (κ2) is 11.5. The quantitative estimate of drug-likeness (QED) is 0.373. The Morgan fingerprint density at radius 3 is 3.00 bits per heavy atom. The molecule has 1 aromatic carbocycles. The number of aliphatic hydroxyl groups is 1. The fourth-order valence-electron chi connectivity index (χ4n) is 4.66. The van der Waals surface area contributed by atoms with Crippen LogP contribution >= 0.6 is 23.1 Å². The number of likely N-dealkylation sites (tertiary alicyclic amines) is 1. The van der Waals surface area contributed by atoms with Crippen LogP contribution in [-0.4, -0.2) is 58.6 Å². The molecule has 1 saturated heterocycles. The molecule has 1 unspecified atom stereocenters. The van der Waals surface area contributed by atoms with E-state index in [2.05, 4.69) is 21.3 Å². The molecule has 34 heavy (non-hydrogen) atoms. The number of carboxylic acids is 1. The van der Waals surface area contributed by atoms with Crippen LogP contribution in [0, 0.1) is 17.7 Å². The summed E-state index contributed by atoms with van der Waals surface area (Å²) in [5.74, 6) is -0.440. The van der Waals surface area contributed by atoms with E-state index in [4.69, 9.17) is 4.74 Å². The zero-order chi connectivity index (χ0) is 24.1. The Hall–Kier alpha value is -2.20. The molecule has 0 saturated carbocycles. The van der Waals surface area contributed by atoms with Crippen LogP contribution in [0.3, 0.4) is 0 Å². The molecule has 1 fully saturated rings. The van der Waals surface area contributed by atoms with Gasteiger partial charge in [0.05, 0.1) is 35.1 Å². The second-order valence-electron chi connectivity index (χ2n) is 8.57. The van der Waals surface area contributed by atoms with E-state index in [1.807, 2.05) is 6.07 Å². The fourth-order valence-corrected chi connectivity index (χ4v) is 6.52. The van der Waals surface area contributed by atoms with Crippen molar-refractivity contribution in [1.29, 1.82) is 0 Å². The first-order valence-electron chi connectivity index (χ1n) is 11.4. The van der Waals surface area contributed by atoms with E-state index < -0.39 is 23.8 Å². The third kappa shape index (κ3) is 5.89. The number of nitrogens with zero attached hydrogens (tertiary/aromatic N) is 2. The molecule has 0 amide bonds. The van der Waals surface area contributed by atoms with Crippen molar-refractivity contribution in [3.8, 4) is 5.75 Å². The maximum absolute atomic E-state index is 14.7. The Kier molecular flexibility index (Phi) is 8.41. The summed E-state index contributed by atoms with van der Waals surface area (Å²) in [5.41, 5.74) is 0.771. The number of methoxy groups -OCH3 is 1. The summed E-state index contributed by atoms with van der Waals surface area (Å²) in [7, 11) is 1.51. The van der Waals surface area contributed by atoms with E-state index in [0.29, 0.717) is 29.6 Å². The molecule has 9 heteroatoms. The molecule has 3 heterocycles. The van der Waals surface area contributed by atoms with Crippen molar-refractivity contribution in [1.82, 2.24) is 9.88 Å². The Bertz CT molecular complexity index is 1110. The molecule has 4 rings (SSSR count). The monoisotopic (exact) mass is 504 g/mol. The average molecular weight is 505 g/mol. The van der Waals surface area contributed by atoms with Crippen molar-refractivity contribution >= 4 is 40.0 Å². The molecule has 0 radical (unpaired) electrons. The zero-order valence-corrected chi connectivity index (χ0v) is 20.7. The molecule has 182 valence electrons. The third-order valence-electron chi connectivity index (χ3n) is 6.51. The van der Waals surface area contributed by atoms with Gasteiger partial charge in [-0.2, -0.15) is 0 Å². The van der Waals surface area contributed by atoms with Crippen molar-refractivity contribution in [3.63, 3.8) is 0 Å². The highest BCUT2D eigenvalue weighted by Gasteiger charge is 2.34. The van der Waals surface area contributed by atoms with Gasteiger partial charge < -0.3 is 19.8 Å². The third-order valence-corrected chi connectivity index (χ3v) is 8.62. The lowest BCUT2D eigenvalue weighted by Crippen LogP contribution is -2.44. The van der Waals surface area contributed by atoms with Crippen LogP contribution in [-0.2, 0) is 4.79 Å². The number of pyridine rings is 1. The molecule has 0 spiro atoms. The van der Waals surface area contributed by atoms with E-state index in [0.717, 1.165) is 25.3 Å². The van der Waals surface area contributed by atoms with E-state index >= 15 is 0 Å². The number of halogens is 1. The van der Waals surface area contributed by atoms with E-state index in [1.54, 1.807) is 41.4 Å². The van der Waals surface area contributed by atoms with Gasteiger partial charge in [-0.15, -0.1) is 23.1 Å². The maximum Gasteiger partial charge on any atom is 0.308 e. The number of hydrogen-bond acceptors (Lipinski definition) is 7. The first-order valence-corrected chi connectivity index (χ1v) is 13.2. The summed E-state index contributed by atoms with van der Waals surface area (Å²) in [6.07, 6.45) is 2.06. The molecule has 1 aliphatic heterocycles. The Morgan fingerprint density at radius 2 is 2.26 bits per heavy atom. The number of aliphatic carboxylic acids is 1. The number of aromatic nitrogens is 1. The molecule has 0 aliphatic carbocycles. The Labute approximate surface area is 206 Å². The van der Waals surface area contributed by atoms with Crippen LogP contribution < -0.4 is 4.74 Å².